The van der Waals surface area contributed by atoms with Crippen LogP contribution in [0.1, 0.15) is 29.8 Å². The van der Waals surface area contributed by atoms with Crippen LogP contribution in [0.3, 0.4) is 0 Å². The molecule has 1 aliphatic rings. The molecule has 3 N–H and O–H groups in total. The zero-order valence-corrected chi connectivity index (χ0v) is 16.6. The van der Waals surface area contributed by atoms with Gasteiger partial charge >= 0.3 is 0 Å². The van der Waals surface area contributed by atoms with Gasteiger partial charge in [0.2, 0.25) is 5.92 Å². The van der Waals surface area contributed by atoms with Crippen LogP contribution in [-0.2, 0) is 10.0 Å². The molecule has 9 nitrogen and oxygen atoms in total. The number of alkyl halides is 2. The Kier molecular flexibility index (Phi) is 5.96. The van der Waals surface area contributed by atoms with E-state index >= 15 is 0 Å². The second kappa shape index (κ2) is 8.13. The third-order valence-corrected chi connectivity index (χ3v) is 5.23. The Morgan fingerprint density at radius 3 is 2.76 bits per heavy atom. The minimum Gasteiger partial charge on any atom is -0.354 e. The van der Waals surface area contributed by atoms with Crippen molar-refractivity contribution in [3.8, 4) is 0 Å². The van der Waals surface area contributed by atoms with Crippen molar-refractivity contribution in [1.29, 1.82) is 0 Å². The van der Waals surface area contributed by atoms with Gasteiger partial charge in [0.15, 0.2) is 16.5 Å². The summed E-state index contributed by atoms with van der Waals surface area (Å²) in [7, 11) is -4.06. The summed E-state index contributed by atoms with van der Waals surface area (Å²) in [4.78, 5) is 26.0. The summed E-state index contributed by atoms with van der Waals surface area (Å²) in [6, 6.07) is 2.45. The van der Waals surface area contributed by atoms with Crippen molar-refractivity contribution < 1.29 is 22.0 Å². The lowest BCUT2D eigenvalue weighted by Gasteiger charge is -2.23. The summed E-state index contributed by atoms with van der Waals surface area (Å²) in [5, 5.41) is 7.10. The quantitative estimate of drug-likeness (QED) is 0.734. The summed E-state index contributed by atoms with van der Waals surface area (Å²) >= 11 is 5.90. The average molecular weight is 447 g/mol. The number of anilines is 2. The number of hydrogen-bond acceptors (Lipinski definition) is 7. The lowest BCUT2D eigenvalue weighted by atomic mass is 10.1. The zero-order valence-electron chi connectivity index (χ0n) is 15.0. The molecule has 0 radical (unpaired) electrons. The number of pyridine rings is 1. The van der Waals surface area contributed by atoms with Crippen molar-refractivity contribution in [1.82, 2.24) is 15.0 Å². The normalized spacial score (nSPS) is 16.9. The number of aromatic nitrogens is 3. The van der Waals surface area contributed by atoms with Crippen LogP contribution in [0.15, 0.2) is 29.6 Å². The van der Waals surface area contributed by atoms with E-state index in [9.17, 15) is 22.0 Å². The highest BCUT2D eigenvalue weighted by molar-refractivity contribution is 7.89. The molecule has 1 amide bonds. The lowest BCUT2D eigenvalue weighted by molar-refractivity contribution is -0.0102. The van der Waals surface area contributed by atoms with Crippen LogP contribution in [0.25, 0.3) is 0 Å². The van der Waals surface area contributed by atoms with Gasteiger partial charge in [-0.05, 0) is 12.5 Å². The van der Waals surface area contributed by atoms with E-state index in [0.717, 1.165) is 12.3 Å². The lowest BCUT2D eigenvalue weighted by Crippen LogP contribution is -2.30. The Morgan fingerprint density at radius 1 is 1.28 bits per heavy atom. The van der Waals surface area contributed by atoms with Gasteiger partial charge in [-0.2, -0.15) is 0 Å². The highest BCUT2D eigenvalue weighted by atomic mass is 35.5. The van der Waals surface area contributed by atoms with Gasteiger partial charge in [-0.3, -0.25) is 4.79 Å². The molecular weight excluding hydrogens is 430 g/mol. The first-order chi connectivity index (χ1) is 13.5. The maximum atomic E-state index is 13.7. The number of nitrogens with zero attached hydrogens (tertiary/aromatic N) is 4. The van der Waals surface area contributed by atoms with Gasteiger partial charge in [-0.1, -0.05) is 11.6 Å². The molecule has 13 heteroatoms. The van der Waals surface area contributed by atoms with Crippen LogP contribution in [-0.4, -0.2) is 48.3 Å². The first-order valence-corrected chi connectivity index (χ1v) is 10.4. The van der Waals surface area contributed by atoms with E-state index in [1.165, 1.54) is 17.2 Å². The maximum Gasteiger partial charge on any atom is 0.278 e. The van der Waals surface area contributed by atoms with Gasteiger partial charge < -0.3 is 10.2 Å². The van der Waals surface area contributed by atoms with E-state index in [-0.39, 0.29) is 54.7 Å². The van der Waals surface area contributed by atoms with E-state index in [1.54, 1.807) is 0 Å². The van der Waals surface area contributed by atoms with E-state index in [1.807, 2.05) is 0 Å². The summed E-state index contributed by atoms with van der Waals surface area (Å²) in [5.74, 6) is -3.43. The Balaban J connectivity index is 1.88. The number of carbonyl (C=O) groups excluding carboxylic acids is 1. The number of carbonyl (C=O) groups is 1. The van der Waals surface area contributed by atoms with Crippen LogP contribution < -0.4 is 15.4 Å². The number of nitrogens with two attached hydrogens (primary N) is 1. The van der Waals surface area contributed by atoms with Gasteiger partial charge in [-0.25, -0.2) is 37.3 Å². The van der Waals surface area contributed by atoms with Gasteiger partial charge in [0.1, 0.15) is 5.15 Å². The molecule has 156 valence electrons. The number of nitrogens with one attached hydrogen (secondary N) is 1. The molecule has 1 fully saturated rings. The second-order valence-electron chi connectivity index (χ2n) is 6.44. The number of rotatable bonds is 4. The molecule has 2 aromatic rings. The van der Waals surface area contributed by atoms with Gasteiger partial charge in [0.25, 0.3) is 15.9 Å². The van der Waals surface area contributed by atoms with Crippen LogP contribution >= 0.6 is 11.6 Å². The summed E-state index contributed by atoms with van der Waals surface area (Å²) < 4.78 is 50.2. The third-order valence-electron chi connectivity index (χ3n) is 4.24. The number of primary sulfonamides is 1. The monoisotopic (exact) mass is 446 g/mol. The number of halogens is 3. The van der Waals surface area contributed by atoms with E-state index in [0.29, 0.717) is 0 Å². The second-order valence-corrected chi connectivity index (χ2v) is 8.34. The average Bonchev–Trinajstić information content (AvgIpc) is 2.81. The number of hydrogen-bond donors (Lipinski definition) is 2. The zero-order chi connectivity index (χ0) is 21.2. The summed E-state index contributed by atoms with van der Waals surface area (Å²) in [5.41, 5.74) is -0.0206. The largest absolute Gasteiger partial charge is 0.354 e. The van der Waals surface area contributed by atoms with Crippen molar-refractivity contribution in [3.05, 3.63) is 35.4 Å². The first-order valence-electron chi connectivity index (χ1n) is 8.51. The standard InChI is InChI=1S/C16H17ClF2N6O3S/c17-11-9-22-13(14(24-11)25-6-1-3-16(18,19)4-7-25)15(26)23-10-2-5-21-12(8-10)29(20,27)28/h2,5,8-9H,1,3-4,6-7H2,(H2,20,27,28)(H,21,23,26). The molecule has 0 aliphatic carbocycles. The molecule has 0 saturated carbocycles. The van der Waals surface area contributed by atoms with Crippen molar-refractivity contribution >= 4 is 39.0 Å². The summed E-state index contributed by atoms with van der Waals surface area (Å²) in [6.45, 7) is 0.239. The molecule has 0 spiro atoms. The molecule has 1 saturated heterocycles. The van der Waals surface area contributed by atoms with Gasteiger partial charge in [0, 0.05) is 43.9 Å². The fourth-order valence-corrected chi connectivity index (χ4v) is 3.48. The molecule has 3 rings (SSSR count). The first kappa shape index (κ1) is 21.3. The van der Waals surface area contributed by atoms with Crippen LogP contribution in [0.5, 0.6) is 0 Å². The topological polar surface area (TPSA) is 131 Å². The Labute approximate surface area is 170 Å². The predicted octanol–water partition coefficient (Wildman–Crippen LogP) is 2.05. The number of amides is 1. The van der Waals surface area contributed by atoms with E-state index in [4.69, 9.17) is 16.7 Å². The Bertz CT molecular complexity index is 1040. The van der Waals surface area contributed by atoms with E-state index < -0.39 is 26.9 Å². The van der Waals surface area contributed by atoms with Crippen molar-refractivity contribution in [2.45, 2.75) is 30.2 Å². The number of sulfonamides is 1. The minimum atomic E-state index is -4.06. The SMILES string of the molecule is NS(=O)(=O)c1cc(NC(=O)c2ncc(Cl)nc2N2CCCC(F)(F)CC2)ccn1. The fourth-order valence-electron chi connectivity index (χ4n) is 2.85. The van der Waals surface area contributed by atoms with Crippen molar-refractivity contribution in [3.63, 3.8) is 0 Å². The molecule has 0 atom stereocenters. The maximum absolute atomic E-state index is 13.7. The molecule has 0 unspecified atom stereocenters. The molecule has 29 heavy (non-hydrogen) atoms. The molecular formula is C16H17ClF2N6O3S. The smallest absolute Gasteiger partial charge is 0.278 e. The molecule has 1 aliphatic heterocycles. The Morgan fingerprint density at radius 2 is 2.03 bits per heavy atom. The third kappa shape index (κ3) is 5.34. The highest BCUT2D eigenvalue weighted by Gasteiger charge is 2.33. The molecule has 0 aromatic carbocycles. The fraction of sp³-hybridized carbons (Fsp3) is 0.375. The highest BCUT2D eigenvalue weighted by Crippen LogP contribution is 2.30. The molecule has 2 aromatic heterocycles. The minimum absolute atomic E-state index is 0.00739. The van der Waals surface area contributed by atoms with Crippen LogP contribution in [0.2, 0.25) is 5.15 Å². The van der Waals surface area contributed by atoms with E-state index in [2.05, 4.69) is 20.3 Å². The molecule has 3 heterocycles. The van der Waals surface area contributed by atoms with Gasteiger partial charge in [-0.15, -0.1) is 0 Å². The van der Waals surface area contributed by atoms with Crippen molar-refractivity contribution in [2.24, 2.45) is 5.14 Å². The van der Waals surface area contributed by atoms with Crippen LogP contribution in [0.4, 0.5) is 20.3 Å². The predicted molar refractivity (Wildman–Crippen MR) is 102 cm³/mol. The van der Waals surface area contributed by atoms with Gasteiger partial charge in [0.05, 0.1) is 6.20 Å². The summed E-state index contributed by atoms with van der Waals surface area (Å²) in [6.07, 6.45) is 1.90. The molecule has 0 bridgehead atoms. The van der Waals surface area contributed by atoms with Crippen molar-refractivity contribution in [2.75, 3.05) is 23.3 Å². The Hall–Kier alpha value is -2.44. The van der Waals surface area contributed by atoms with Crippen LogP contribution in [0, 0.1) is 0 Å².